The number of urea groups is 2. The van der Waals surface area contributed by atoms with E-state index in [0.717, 1.165) is 16.1 Å². The number of esters is 1. The summed E-state index contributed by atoms with van der Waals surface area (Å²) in [5.41, 5.74) is 5.87. The average molecular weight is 654 g/mol. The molecule has 5 heterocycles. The molecule has 0 aliphatic carbocycles. The molecule has 0 aromatic carbocycles. The number of hydrogen-bond donors (Lipinski definition) is 9. The number of nitrogens with two attached hydrogens (primary N) is 1. The fraction of sp³-hybridized carbons (Fsp3) is 0.600. The van der Waals surface area contributed by atoms with E-state index in [1.165, 1.54) is 30.9 Å². The van der Waals surface area contributed by atoms with Crippen LogP contribution in [0, 0.1) is 0 Å². The summed E-state index contributed by atoms with van der Waals surface area (Å²) < 4.78 is 17.6. The van der Waals surface area contributed by atoms with E-state index in [4.69, 9.17) is 19.9 Å². The van der Waals surface area contributed by atoms with Gasteiger partial charge in [-0.05, 0) is 13.0 Å². The maximum atomic E-state index is 12.9. The second-order valence-electron chi connectivity index (χ2n) is 10.9. The summed E-state index contributed by atoms with van der Waals surface area (Å²) in [6.45, 7) is 0.0800. The van der Waals surface area contributed by atoms with Crippen molar-refractivity contribution in [2.75, 3.05) is 32.1 Å². The van der Waals surface area contributed by atoms with Crippen molar-refractivity contribution in [3.05, 3.63) is 24.6 Å². The highest BCUT2D eigenvalue weighted by molar-refractivity contribution is 5.97. The number of rotatable bonds is 9. The average Bonchev–Trinajstić information content (AvgIpc) is 3.67. The zero-order valence-electron chi connectivity index (χ0n) is 24.5. The Bertz CT molecular complexity index is 1490. The minimum absolute atomic E-state index is 0.00158. The third kappa shape index (κ3) is 6.13. The van der Waals surface area contributed by atoms with E-state index in [2.05, 4.69) is 25.6 Å². The highest BCUT2D eigenvalue weighted by atomic mass is 16.6. The van der Waals surface area contributed by atoms with Crippen molar-refractivity contribution in [2.24, 2.45) is 5.73 Å². The molecule has 2 fully saturated rings. The number of carbonyl (C=O) groups excluding carboxylic acids is 3. The number of imidazole rings is 1. The molecule has 3 aliphatic heterocycles. The highest BCUT2D eigenvalue weighted by Crippen LogP contribution is 2.32. The second-order valence-corrected chi connectivity index (χ2v) is 10.9. The number of anilines is 1. The number of nitrogens with zero attached hydrogens (tertiary/aromatic N) is 6. The van der Waals surface area contributed by atoms with Gasteiger partial charge in [0.05, 0.1) is 19.0 Å². The molecule has 0 bridgehead atoms. The first-order chi connectivity index (χ1) is 21.8. The molecule has 3 aliphatic rings. The quantitative estimate of drug-likeness (QED) is 0.115. The smallest absolute Gasteiger partial charge is 0.331 e. The van der Waals surface area contributed by atoms with Gasteiger partial charge in [-0.1, -0.05) is 0 Å². The van der Waals surface area contributed by atoms with Crippen LogP contribution in [-0.4, -0.2) is 160 Å². The molecule has 2 saturated heterocycles. The van der Waals surface area contributed by atoms with E-state index in [9.17, 15) is 45.0 Å². The van der Waals surface area contributed by atoms with Crippen molar-refractivity contribution in [2.45, 2.75) is 68.1 Å². The van der Waals surface area contributed by atoms with Crippen LogP contribution in [0.15, 0.2) is 24.6 Å². The number of ether oxygens (including phenoxy) is 3. The summed E-state index contributed by atoms with van der Waals surface area (Å²) in [4.78, 5) is 52.8. The summed E-state index contributed by atoms with van der Waals surface area (Å²) in [5, 5.41) is 65.7. The molecule has 21 nitrogen and oxygen atoms in total. The number of carbonyl (C=O) groups is 3. The number of aliphatic hydroxyl groups is 6. The molecule has 10 atom stereocenters. The van der Waals surface area contributed by atoms with E-state index in [0.29, 0.717) is 0 Å². The van der Waals surface area contributed by atoms with Gasteiger partial charge in [0.15, 0.2) is 35.5 Å². The van der Waals surface area contributed by atoms with Crippen LogP contribution < -0.4 is 16.4 Å². The summed E-state index contributed by atoms with van der Waals surface area (Å²) in [5.74, 6) is -1.02. The van der Waals surface area contributed by atoms with Gasteiger partial charge in [0.1, 0.15) is 55.4 Å². The van der Waals surface area contributed by atoms with Crippen LogP contribution in [0.25, 0.3) is 11.2 Å². The van der Waals surface area contributed by atoms with Crippen molar-refractivity contribution >= 4 is 35.0 Å². The Balaban J connectivity index is 1.20. The number of nitrogens with one attached hydrogen (secondary N) is 2. The maximum Gasteiger partial charge on any atom is 0.331 e. The lowest BCUT2D eigenvalue weighted by molar-refractivity contribution is -0.155. The highest BCUT2D eigenvalue weighted by Gasteiger charge is 2.49. The summed E-state index contributed by atoms with van der Waals surface area (Å²) in [7, 11) is 1.42. The van der Waals surface area contributed by atoms with Gasteiger partial charge >= 0.3 is 18.0 Å². The van der Waals surface area contributed by atoms with Crippen molar-refractivity contribution in [1.29, 1.82) is 0 Å². The lowest BCUT2D eigenvalue weighted by Gasteiger charge is -2.36. The molecule has 0 unspecified atom stereocenters. The fourth-order valence-corrected chi connectivity index (χ4v) is 5.20. The second kappa shape index (κ2) is 13.3. The molecule has 10 N–H and O–H groups in total. The zero-order valence-corrected chi connectivity index (χ0v) is 24.5. The van der Waals surface area contributed by atoms with Gasteiger partial charge in [-0.25, -0.2) is 29.3 Å². The predicted molar refractivity (Wildman–Crippen MR) is 150 cm³/mol. The Morgan fingerprint density at radius 3 is 2.43 bits per heavy atom. The Morgan fingerprint density at radius 2 is 1.76 bits per heavy atom. The molecule has 0 spiro atoms. The van der Waals surface area contributed by atoms with Crippen LogP contribution >= 0.6 is 0 Å². The van der Waals surface area contributed by atoms with Gasteiger partial charge in [-0.3, -0.25) is 19.7 Å². The Morgan fingerprint density at radius 1 is 1.09 bits per heavy atom. The molecule has 0 saturated carbocycles. The monoisotopic (exact) mass is 653 g/mol. The molecule has 0 radical (unpaired) electrons. The van der Waals surface area contributed by atoms with Crippen molar-refractivity contribution < 1.29 is 59.2 Å². The normalized spacial score (nSPS) is 31.1. The van der Waals surface area contributed by atoms with Gasteiger partial charge < -0.3 is 55.9 Å². The first kappa shape index (κ1) is 33.2. The van der Waals surface area contributed by atoms with Crippen LogP contribution in [0.4, 0.5) is 15.4 Å². The number of amides is 4. The Labute approximate surface area is 259 Å². The van der Waals surface area contributed by atoms with Gasteiger partial charge in [0, 0.05) is 13.6 Å². The van der Waals surface area contributed by atoms with Crippen LogP contribution in [-0.2, 0) is 19.0 Å². The van der Waals surface area contributed by atoms with Crippen LogP contribution in [0.1, 0.15) is 13.2 Å². The molecular formula is C25H35N9O12. The number of aromatic nitrogens is 4. The number of hydrogen-bond acceptors (Lipinski definition) is 16. The minimum Gasteiger partial charge on any atom is -0.461 e. The van der Waals surface area contributed by atoms with E-state index < -0.39 is 92.5 Å². The molecule has 4 amide bonds. The van der Waals surface area contributed by atoms with Gasteiger partial charge in [-0.2, -0.15) is 0 Å². The lowest BCUT2D eigenvalue weighted by Crippen LogP contribution is -2.54. The van der Waals surface area contributed by atoms with Crippen molar-refractivity contribution in [3.8, 4) is 0 Å². The van der Waals surface area contributed by atoms with E-state index in [-0.39, 0.29) is 29.3 Å². The zero-order chi connectivity index (χ0) is 33.4. The molecule has 2 aromatic rings. The van der Waals surface area contributed by atoms with E-state index in [1.54, 1.807) is 0 Å². The van der Waals surface area contributed by atoms with Gasteiger partial charge in [0.2, 0.25) is 0 Å². The fourth-order valence-electron chi connectivity index (χ4n) is 5.20. The molecular weight excluding hydrogens is 618 g/mol. The molecule has 2 aromatic heterocycles. The third-order valence-corrected chi connectivity index (χ3v) is 7.86. The maximum absolute atomic E-state index is 12.9. The standard InChI is InChI=1S/C25H35N9O12/c1-9(36)13(23(41)44-6-11-16(38)18(40)21(46-11)33-4-3-12(26)32(2)25(33)43)30-24(42)31-19-14-20(28-7-27-19)34(8-29-14)22-17(39)15(37)10(5-35)45-22/h3,7-11,13,15-18,21-22,35-40H,4-6,26H2,1-2H3,(H2,27,28,30,31,42)/t9-,10-,11-,13+,15-,16-,17-,18-,21-,22-/m1/s1. The SMILES string of the molecule is C[C@@H](O)[C@H](NC(=O)Nc1ncnc2c1ncn2[C@@H]1O[C@H](CO)[C@@H](O)[C@H]1O)C(=O)OC[C@H]1O[C@@H](N2CC=C(N)N(C)C2=O)[C@H](O)[C@@H]1O. The van der Waals surface area contributed by atoms with Gasteiger partial charge in [0.25, 0.3) is 0 Å². The topological polar surface area (TPSA) is 300 Å². The largest absolute Gasteiger partial charge is 0.461 e. The van der Waals surface area contributed by atoms with Crippen molar-refractivity contribution in [3.63, 3.8) is 0 Å². The Kier molecular flexibility index (Phi) is 9.55. The van der Waals surface area contributed by atoms with Gasteiger partial charge in [-0.15, -0.1) is 0 Å². The summed E-state index contributed by atoms with van der Waals surface area (Å²) >= 11 is 0. The Hall–Kier alpha value is -4.22. The van der Waals surface area contributed by atoms with Crippen LogP contribution in [0.5, 0.6) is 0 Å². The first-order valence-corrected chi connectivity index (χ1v) is 14.1. The first-order valence-electron chi connectivity index (χ1n) is 14.1. The molecule has 21 heteroatoms. The van der Waals surface area contributed by atoms with Crippen LogP contribution in [0.2, 0.25) is 0 Å². The minimum atomic E-state index is -1.61. The van der Waals surface area contributed by atoms with Crippen molar-refractivity contribution in [1.82, 2.24) is 34.6 Å². The van der Waals surface area contributed by atoms with Crippen LogP contribution in [0.3, 0.4) is 0 Å². The molecule has 252 valence electrons. The third-order valence-electron chi connectivity index (χ3n) is 7.86. The number of aliphatic hydroxyl groups excluding tert-OH is 6. The predicted octanol–water partition coefficient (Wildman–Crippen LogP) is -4.53. The number of fused-ring (bicyclic) bond motifs is 1. The molecule has 5 rings (SSSR count). The van der Waals surface area contributed by atoms with E-state index in [1.807, 2.05) is 0 Å². The summed E-state index contributed by atoms with van der Waals surface area (Å²) in [6.07, 6.45) is -8.24. The summed E-state index contributed by atoms with van der Waals surface area (Å²) in [6, 6.07) is -3.19. The molecule has 46 heavy (non-hydrogen) atoms. The lowest BCUT2D eigenvalue weighted by atomic mass is 10.1. The van der Waals surface area contributed by atoms with E-state index >= 15 is 0 Å².